The van der Waals surface area contributed by atoms with Gasteiger partial charge in [0.25, 0.3) is 11.8 Å². The number of alkyl halides is 2. The van der Waals surface area contributed by atoms with Gasteiger partial charge in [0.2, 0.25) is 0 Å². The molecule has 2 N–H and O–H groups in total. The van der Waals surface area contributed by atoms with Gasteiger partial charge < -0.3 is 10.4 Å². The molecule has 0 unspecified atom stereocenters. The van der Waals surface area contributed by atoms with Crippen LogP contribution in [0.4, 0.5) is 8.78 Å². The summed E-state index contributed by atoms with van der Waals surface area (Å²) in [6.45, 7) is -0.488. The molecule has 1 aromatic rings. The summed E-state index contributed by atoms with van der Waals surface area (Å²) < 4.78 is 25.4. The maximum absolute atomic E-state index is 12.7. The Morgan fingerprint density at radius 1 is 1.53 bits per heavy atom. The van der Waals surface area contributed by atoms with Crippen molar-refractivity contribution in [2.24, 2.45) is 0 Å². The molecule has 0 aliphatic rings. The highest BCUT2D eigenvalue weighted by Crippen LogP contribution is 2.16. The van der Waals surface area contributed by atoms with Gasteiger partial charge in [0.05, 0.1) is 6.54 Å². The van der Waals surface area contributed by atoms with Gasteiger partial charge in [-0.3, -0.25) is 4.79 Å². The van der Waals surface area contributed by atoms with Crippen LogP contribution >= 0.6 is 11.6 Å². The van der Waals surface area contributed by atoms with Crippen LogP contribution in [0, 0.1) is 6.92 Å². The van der Waals surface area contributed by atoms with Crippen molar-refractivity contribution in [1.82, 2.24) is 5.32 Å². The standard InChI is InChI=1S/C11H12ClF2NO2/c1-7-4-8(2-3-9(7)12)10(17)15-5-11(13,14)6-16/h2-4,16H,5-6H2,1H3,(H,15,17). The van der Waals surface area contributed by atoms with E-state index in [2.05, 4.69) is 0 Å². The number of benzene rings is 1. The van der Waals surface area contributed by atoms with Crippen LogP contribution in [0.5, 0.6) is 0 Å². The molecule has 0 aromatic heterocycles. The zero-order chi connectivity index (χ0) is 13.1. The van der Waals surface area contributed by atoms with Crippen LogP contribution < -0.4 is 5.32 Å². The van der Waals surface area contributed by atoms with Crippen LogP contribution in [0.25, 0.3) is 0 Å². The number of amides is 1. The second kappa shape index (κ2) is 5.42. The molecule has 0 bridgehead atoms. The Kier molecular flexibility index (Phi) is 4.42. The topological polar surface area (TPSA) is 49.3 Å². The Balaban J connectivity index is 2.68. The fraction of sp³-hybridized carbons (Fsp3) is 0.364. The van der Waals surface area contributed by atoms with E-state index in [9.17, 15) is 13.6 Å². The van der Waals surface area contributed by atoms with Crippen LogP contribution in [-0.4, -0.2) is 30.1 Å². The number of aliphatic hydroxyl groups excluding tert-OH is 1. The molecule has 1 aromatic carbocycles. The van der Waals surface area contributed by atoms with Crippen molar-refractivity contribution in [2.45, 2.75) is 12.8 Å². The summed E-state index contributed by atoms with van der Waals surface area (Å²) in [7, 11) is 0. The number of carbonyl (C=O) groups is 1. The molecule has 0 aliphatic carbocycles. The summed E-state index contributed by atoms with van der Waals surface area (Å²) in [6.07, 6.45) is 0. The summed E-state index contributed by atoms with van der Waals surface area (Å²) in [4.78, 5) is 11.5. The van der Waals surface area contributed by atoms with E-state index in [0.29, 0.717) is 10.6 Å². The number of hydrogen-bond donors (Lipinski definition) is 2. The van der Waals surface area contributed by atoms with E-state index in [1.807, 2.05) is 5.32 Å². The Morgan fingerprint density at radius 3 is 2.71 bits per heavy atom. The summed E-state index contributed by atoms with van der Waals surface area (Å²) in [5.74, 6) is -3.94. The third-order valence-electron chi connectivity index (χ3n) is 2.16. The van der Waals surface area contributed by atoms with Gasteiger partial charge in [0.1, 0.15) is 6.61 Å². The van der Waals surface area contributed by atoms with Crippen molar-refractivity contribution < 1.29 is 18.7 Å². The molecule has 3 nitrogen and oxygen atoms in total. The molecule has 6 heteroatoms. The van der Waals surface area contributed by atoms with Crippen molar-refractivity contribution in [3.63, 3.8) is 0 Å². The first kappa shape index (κ1) is 13.9. The second-order valence-corrected chi connectivity index (χ2v) is 4.07. The first-order valence-corrected chi connectivity index (χ1v) is 5.26. The van der Waals surface area contributed by atoms with Crippen LogP contribution in [0.3, 0.4) is 0 Å². The molecule has 0 aliphatic heterocycles. The monoisotopic (exact) mass is 263 g/mol. The van der Waals surface area contributed by atoms with Gasteiger partial charge in [0, 0.05) is 10.6 Å². The van der Waals surface area contributed by atoms with E-state index < -0.39 is 25.0 Å². The van der Waals surface area contributed by atoms with Gasteiger partial charge in [-0.1, -0.05) is 11.6 Å². The lowest BCUT2D eigenvalue weighted by Gasteiger charge is -2.14. The largest absolute Gasteiger partial charge is 0.390 e. The average Bonchev–Trinajstić information content (AvgIpc) is 2.30. The smallest absolute Gasteiger partial charge is 0.287 e. The average molecular weight is 264 g/mol. The molecule has 1 rings (SSSR count). The third kappa shape index (κ3) is 3.94. The maximum Gasteiger partial charge on any atom is 0.287 e. The van der Waals surface area contributed by atoms with Gasteiger partial charge in [-0.25, -0.2) is 8.78 Å². The first-order valence-electron chi connectivity index (χ1n) is 4.89. The minimum absolute atomic E-state index is 0.251. The summed E-state index contributed by atoms with van der Waals surface area (Å²) in [6, 6.07) is 4.48. The number of aryl methyl sites for hydroxylation is 1. The molecular formula is C11H12ClF2NO2. The normalized spacial score (nSPS) is 11.4. The van der Waals surface area contributed by atoms with Gasteiger partial charge in [-0.05, 0) is 30.7 Å². The summed E-state index contributed by atoms with van der Waals surface area (Å²) in [5.41, 5.74) is 0.939. The molecule has 94 valence electrons. The minimum atomic E-state index is -3.31. The van der Waals surface area contributed by atoms with E-state index in [0.717, 1.165) is 0 Å². The van der Waals surface area contributed by atoms with E-state index >= 15 is 0 Å². The molecule has 1 amide bonds. The van der Waals surface area contributed by atoms with Crippen molar-refractivity contribution in [3.8, 4) is 0 Å². The van der Waals surface area contributed by atoms with Crippen LogP contribution in [0.1, 0.15) is 15.9 Å². The van der Waals surface area contributed by atoms with Crippen LogP contribution in [-0.2, 0) is 0 Å². The predicted molar refractivity (Wildman–Crippen MR) is 60.6 cm³/mol. The van der Waals surface area contributed by atoms with Crippen molar-refractivity contribution in [2.75, 3.05) is 13.2 Å². The van der Waals surface area contributed by atoms with E-state index in [4.69, 9.17) is 16.7 Å². The summed E-state index contributed by atoms with van der Waals surface area (Å²) in [5, 5.41) is 10.9. The maximum atomic E-state index is 12.7. The fourth-order valence-corrected chi connectivity index (χ4v) is 1.27. The quantitative estimate of drug-likeness (QED) is 0.873. The van der Waals surface area contributed by atoms with Crippen molar-refractivity contribution in [3.05, 3.63) is 34.3 Å². The van der Waals surface area contributed by atoms with E-state index in [1.54, 1.807) is 6.92 Å². The Bertz CT molecular complexity index is 424. The second-order valence-electron chi connectivity index (χ2n) is 3.66. The molecule has 17 heavy (non-hydrogen) atoms. The SMILES string of the molecule is Cc1cc(C(=O)NCC(F)(F)CO)ccc1Cl. The Labute approximate surface area is 102 Å². The van der Waals surface area contributed by atoms with Crippen LogP contribution in [0.2, 0.25) is 5.02 Å². The highest BCUT2D eigenvalue weighted by molar-refractivity contribution is 6.31. The van der Waals surface area contributed by atoms with E-state index in [-0.39, 0.29) is 5.56 Å². The van der Waals surface area contributed by atoms with Gasteiger partial charge in [0.15, 0.2) is 0 Å². The lowest BCUT2D eigenvalue weighted by atomic mass is 10.1. The molecule has 0 fully saturated rings. The Hall–Kier alpha value is -1.20. The molecular weight excluding hydrogens is 252 g/mol. The number of nitrogens with one attached hydrogen (secondary N) is 1. The number of halogens is 3. The number of rotatable bonds is 4. The molecule has 0 atom stereocenters. The van der Waals surface area contributed by atoms with Gasteiger partial charge in [-0.2, -0.15) is 0 Å². The first-order chi connectivity index (χ1) is 7.85. The van der Waals surface area contributed by atoms with Crippen molar-refractivity contribution >= 4 is 17.5 Å². The fourth-order valence-electron chi connectivity index (χ4n) is 1.15. The zero-order valence-electron chi connectivity index (χ0n) is 9.14. The van der Waals surface area contributed by atoms with Crippen molar-refractivity contribution in [1.29, 1.82) is 0 Å². The molecule has 0 saturated carbocycles. The van der Waals surface area contributed by atoms with Gasteiger partial charge >= 0.3 is 0 Å². The van der Waals surface area contributed by atoms with E-state index in [1.165, 1.54) is 18.2 Å². The lowest BCUT2D eigenvalue weighted by Crippen LogP contribution is -2.38. The number of carbonyl (C=O) groups excluding carboxylic acids is 1. The third-order valence-corrected chi connectivity index (χ3v) is 2.58. The molecule has 0 spiro atoms. The number of aliphatic hydroxyl groups is 1. The Morgan fingerprint density at radius 2 is 2.18 bits per heavy atom. The highest BCUT2D eigenvalue weighted by atomic mass is 35.5. The van der Waals surface area contributed by atoms with Crippen LogP contribution in [0.15, 0.2) is 18.2 Å². The molecule has 0 radical (unpaired) electrons. The lowest BCUT2D eigenvalue weighted by molar-refractivity contribution is -0.0462. The molecule has 0 heterocycles. The predicted octanol–water partition coefficient (Wildman–Crippen LogP) is 2.01. The highest BCUT2D eigenvalue weighted by Gasteiger charge is 2.28. The number of hydrogen-bond acceptors (Lipinski definition) is 2. The minimum Gasteiger partial charge on any atom is -0.390 e. The molecule has 0 saturated heterocycles. The summed E-state index contributed by atoms with van der Waals surface area (Å²) >= 11 is 5.77. The zero-order valence-corrected chi connectivity index (χ0v) is 9.89. The van der Waals surface area contributed by atoms with Gasteiger partial charge in [-0.15, -0.1) is 0 Å².